The topological polar surface area (TPSA) is 44.5 Å². The summed E-state index contributed by atoms with van der Waals surface area (Å²) in [6.07, 6.45) is 0.803. The van der Waals surface area contributed by atoms with Crippen molar-refractivity contribution in [3.63, 3.8) is 0 Å². The van der Waals surface area contributed by atoms with E-state index in [0.29, 0.717) is 13.2 Å². The van der Waals surface area contributed by atoms with Crippen LogP contribution >= 0.6 is 15.9 Å². The van der Waals surface area contributed by atoms with Gasteiger partial charge < -0.3 is 15.2 Å². The summed E-state index contributed by atoms with van der Waals surface area (Å²) in [5.41, 5.74) is 8.14. The first kappa shape index (κ1) is 16.8. The van der Waals surface area contributed by atoms with Crippen LogP contribution in [0.5, 0.6) is 11.5 Å². The summed E-state index contributed by atoms with van der Waals surface area (Å²) in [7, 11) is 0. The van der Waals surface area contributed by atoms with Crippen LogP contribution in [0, 0.1) is 0 Å². The smallest absolute Gasteiger partial charge is 0.175 e. The van der Waals surface area contributed by atoms with Gasteiger partial charge in [-0.3, -0.25) is 0 Å². The van der Waals surface area contributed by atoms with Crippen molar-refractivity contribution in [2.45, 2.75) is 32.9 Å². The fraction of sp³-hybridized carbons (Fsp3) is 0.333. The van der Waals surface area contributed by atoms with E-state index >= 15 is 0 Å². The van der Waals surface area contributed by atoms with Crippen molar-refractivity contribution >= 4 is 15.9 Å². The molecule has 0 bridgehead atoms. The highest BCUT2D eigenvalue weighted by molar-refractivity contribution is 9.10. The van der Waals surface area contributed by atoms with Crippen LogP contribution in [0.3, 0.4) is 0 Å². The monoisotopic (exact) mass is 363 g/mol. The molecule has 0 heterocycles. The van der Waals surface area contributed by atoms with Crippen LogP contribution in [0.25, 0.3) is 0 Å². The predicted molar refractivity (Wildman–Crippen MR) is 93.4 cm³/mol. The van der Waals surface area contributed by atoms with Gasteiger partial charge in [-0.2, -0.15) is 0 Å². The molecule has 1 unspecified atom stereocenters. The van der Waals surface area contributed by atoms with Crippen LogP contribution in [0.15, 0.2) is 46.9 Å². The molecule has 2 rings (SSSR count). The Morgan fingerprint density at radius 3 is 2.45 bits per heavy atom. The van der Waals surface area contributed by atoms with Crippen LogP contribution in [0.2, 0.25) is 0 Å². The molecule has 3 nitrogen and oxygen atoms in total. The molecule has 0 saturated heterocycles. The van der Waals surface area contributed by atoms with E-state index in [4.69, 9.17) is 15.2 Å². The first-order chi connectivity index (χ1) is 10.6. The third kappa shape index (κ3) is 4.75. The highest BCUT2D eigenvalue weighted by atomic mass is 79.9. The van der Waals surface area contributed by atoms with Crippen LogP contribution < -0.4 is 15.2 Å². The number of hydrogen-bond acceptors (Lipinski definition) is 3. The second-order valence-corrected chi connectivity index (χ2v) is 6.15. The summed E-state index contributed by atoms with van der Waals surface area (Å²) in [6.45, 7) is 5.06. The molecule has 0 aliphatic heterocycles. The molecule has 0 saturated carbocycles. The maximum atomic E-state index is 5.96. The van der Waals surface area contributed by atoms with E-state index in [1.54, 1.807) is 0 Å². The Kier molecular flexibility index (Phi) is 6.28. The van der Waals surface area contributed by atoms with Gasteiger partial charge in [-0.25, -0.2) is 0 Å². The van der Waals surface area contributed by atoms with Crippen LogP contribution in [0.4, 0.5) is 0 Å². The highest BCUT2D eigenvalue weighted by Gasteiger charge is 2.13. The molecule has 118 valence electrons. The van der Waals surface area contributed by atoms with Gasteiger partial charge >= 0.3 is 0 Å². The predicted octanol–water partition coefficient (Wildman–Crippen LogP) is 4.32. The number of rotatable bonds is 7. The van der Waals surface area contributed by atoms with Crippen molar-refractivity contribution in [3.8, 4) is 11.5 Å². The summed E-state index contributed by atoms with van der Waals surface area (Å²) < 4.78 is 12.6. The number of halogens is 1. The Morgan fingerprint density at radius 1 is 1.09 bits per heavy atom. The largest absolute Gasteiger partial charge is 0.490 e. The highest BCUT2D eigenvalue weighted by Crippen LogP contribution is 2.37. The fourth-order valence-corrected chi connectivity index (χ4v) is 2.85. The number of hydrogen-bond donors (Lipinski definition) is 1. The lowest BCUT2D eigenvalue weighted by Gasteiger charge is -2.16. The standard InChI is InChI=1S/C18H22BrNO2/c1-3-21-17-11-15(9-13(2)20)10-16(19)18(17)22-12-14-7-5-4-6-8-14/h4-8,10-11,13H,3,9,12,20H2,1-2H3. The maximum Gasteiger partial charge on any atom is 0.175 e. The zero-order valence-corrected chi connectivity index (χ0v) is 14.6. The molecule has 4 heteroatoms. The van der Waals surface area contributed by atoms with Crippen LogP contribution in [0.1, 0.15) is 25.0 Å². The van der Waals surface area contributed by atoms with Crippen molar-refractivity contribution in [2.75, 3.05) is 6.61 Å². The van der Waals surface area contributed by atoms with Crippen molar-refractivity contribution < 1.29 is 9.47 Å². The normalized spacial score (nSPS) is 12.0. The molecule has 0 fully saturated rings. The summed E-state index contributed by atoms with van der Waals surface area (Å²) >= 11 is 3.59. The lowest BCUT2D eigenvalue weighted by atomic mass is 10.1. The van der Waals surface area contributed by atoms with E-state index in [-0.39, 0.29) is 6.04 Å². The number of benzene rings is 2. The minimum atomic E-state index is 0.109. The lowest BCUT2D eigenvalue weighted by molar-refractivity contribution is 0.267. The summed E-state index contributed by atoms with van der Waals surface area (Å²) in [5, 5.41) is 0. The summed E-state index contributed by atoms with van der Waals surface area (Å²) in [5.74, 6) is 1.49. The van der Waals surface area contributed by atoms with Crippen LogP contribution in [-0.4, -0.2) is 12.6 Å². The minimum absolute atomic E-state index is 0.109. The molecule has 2 aromatic rings. The number of nitrogens with two attached hydrogens (primary N) is 1. The number of ether oxygens (including phenoxy) is 2. The van der Waals surface area contributed by atoms with Crippen molar-refractivity contribution in [1.82, 2.24) is 0 Å². The maximum absolute atomic E-state index is 5.96. The molecule has 2 N–H and O–H groups in total. The molecule has 2 aromatic carbocycles. The van der Waals surface area contributed by atoms with E-state index < -0.39 is 0 Å². The summed E-state index contributed by atoms with van der Waals surface area (Å²) in [6, 6.07) is 14.2. The molecule has 0 radical (unpaired) electrons. The fourth-order valence-electron chi connectivity index (χ4n) is 2.24. The molecular formula is C18H22BrNO2. The van der Waals surface area contributed by atoms with Gasteiger partial charge in [-0.15, -0.1) is 0 Å². The molecule has 0 aromatic heterocycles. The zero-order valence-electron chi connectivity index (χ0n) is 13.0. The van der Waals surface area contributed by atoms with Gasteiger partial charge in [0.05, 0.1) is 11.1 Å². The molecule has 0 spiro atoms. The Morgan fingerprint density at radius 2 is 1.82 bits per heavy atom. The van der Waals surface area contributed by atoms with Crippen molar-refractivity contribution in [3.05, 3.63) is 58.1 Å². The van der Waals surface area contributed by atoms with E-state index in [0.717, 1.165) is 33.5 Å². The third-order valence-corrected chi connectivity index (χ3v) is 3.74. The Bertz CT molecular complexity index is 600. The molecule has 1 atom stereocenters. The minimum Gasteiger partial charge on any atom is -0.490 e. The van der Waals surface area contributed by atoms with E-state index in [9.17, 15) is 0 Å². The van der Waals surface area contributed by atoms with Gasteiger partial charge in [0.25, 0.3) is 0 Å². The average Bonchev–Trinajstić information content (AvgIpc) is 2.47. The molecule has 22 heavy (non-hydrogen) atoms. The van der Waals surface area contributed by atoms with Gasteiger partial charge in [-0.05, 0) is 59.5 Å². The second kappa shape index (κ2) is 8.20. The lowest BCUT2D eigenvalue weighted by Crippen LogP contribution is -2.17. The molecule has 0 aliphatic rings. The van der Waals surface area contributed by atoms with Crippen molar-refractivity contribution in [2.24, 2.45) is 5.73 Å². The molecular weight excluding hydrogens is 342 g/mol. The van der Waals surface area contributed by atoms with E-state index in [1.807, 2.05) is 56.3 Å². The second-order valence-electron chi connectivity index (χ2n) is 5.29. The van der Waals surface area contributed by atoms with Crippen LogP contribution in [-0.2, 0) is 13.0 Å². The summed E-state index contributed by atoms with van der Waals surface area (Å²) in [4.78, 5) is 0. The quantitative estimate of drug-likeness (QED) is 0.796. The average molecular weight is 364 g/mol. The van der Waals surface area contributed by atoms with Crippen molar-refractivity contribution in [1.29, 1.82) is 0 Å². The molecule has 0 amide bonds. The zero-order chi connectivity index (χ0) is 15.9. The molecule has 0 aliphatic carbocycles. The van der Waals surface area contributed by atoms with Gasteiger partial charge in [0.1, 0.15) is 6.61 Å². The van der Waals surface area contributed by atoms with Gasteiger partial charge in [-0.1, -0.05) is 30.3 Å². The Labute approximate surface area is 140 Å². The first-order valence-corrected chi connectivity index (χ1v) is 8.27. The Hall–Kier alpha value is -1.52. The van der Waals surface area contributed by atoms with Gasteiger partial charge in [0.15, 0.2) is 11.5 Å². The third-order valence-electron chi connectivity index (χ3n) is 3.15. The van der Waals surface area contributed by atoms with Gasteiger partial charge in [0, 0.05) is 6.04 Å². The van der Waals surface area contributed by atoms with Gasteiger partial charge in [0.2, 0.25) is 0 Å². The SMILES string of the molecule is CCOc1cc(CC(C)N)cc(Br)c1OCc1ccccc1. The van der Waals surface area contributed by atoms with E-state index in [1.165, 1.54) is 0 Å². The van der Waals surface area contributed by atoms with E-state index in [2.05, 4.69) is 15.9 Å². The Balaban J connectivity index is 2.21. The first-order valence-electron chi connectivity index (χ1n) is 7.47.